The average molecular weight is 284 g/mol. The Labute approximate surface area is 92.8 Å². The molecule has 0 radical (unpaired) electrons. The van der Waals surface area contributed by atoms with Crippen LogP contribution >= 0.6 is 15.9 Å². The van der Waals surface area contributed by atoms with Crippen molar-refractivity contribution in [3.63, 3.8) is 0 Å². The molecular formula is C8H14BrNO3S. The lowest BCUT2D eigenvalue weighted by Gasteiger charge is -2.20. The predicted octanol–water partition coefficient (Wildman–Crippen LogP) is 1.32. The summed E-state index contributed by atoms with van der Waals surface area (Å²) in [6.45, 7) is 4.04. The van der Waals surface area contributed by atoms with Crippen molar-refractivity contribution in [2.24, 2.45) is 5.41 Å². The van der Waals surface area contributed by atoms with E-state index in [1.54, 1.807) is 0 Å². The molecule has 1 atom stereocenters. The molecule has 0 spiro atoms. The first-order chi connectivity index (χ1) is 6.37. The third-order valence-corrected chi connectivity index (χ3v) is 5.89. The van der Waals surface area contributed by atoms with Gasteiger partial charge in [0.25, 0.3) is 0 Å². The smallest absolute Gasteiger partial charge is 0.247 e. The van der Waals surface area contributed by atoms with E-state index in [0.29, 0.717) is 19.4 Å². The van der Waals surface area contributed by atoms with Gasteiger partial charge in [0.1, 0.15) is 4.66 Å². The molecule has 4 nitrogen and oxygen atoms in total. The number of rotatable bonds is 3. The second-order valence-electron chi connectivity index (χ2n) is 3.76. The molecule has 82 valence electrons. The van der Waals surface area contributed by atoms with E-state index in [0.717, 1.165) is 4.31 Å². The molecule has 1 aliphatic rings. The van der Waals surface area contributed by atoms with Crippen LogP contribution in [0.15, 0.2) is 0 Å². The van der Waals surface area contributed by atoms with Crippen LogP contribution in [0.5, 0.6) is 0 Å². The molecule has 1 amide bonds. The van der Waals surface area contributed by atoms with Crippen molar-refractivity contribution >= 4 is 31.9 Å². The first kappa shape index (κ1) is 12.0. The molecule has 0 saturated carbocycles. The summed E-state index contributed by atoms with van der Waals surface area (Å²) in [5.74, 6) is -0.264. The molecule has 14 heavy (non-hydrogen) atoms. The molecule has 1 aliphatic heterocycles. The van der Waals surface area contributed by atoms with Gasteiger partial charge in [-0.25, -0.2) is 12.7 Å². The van der Waals surface area contributed by atoms with Crippen LogP contribution in [0.1, 0.15) is 26.7 Å². The Morgan fingerprint density at radius 1 is 1.57 bits per heavy atom. The summed E-state index contributed by atoms with van der Waals surface area (Å²) in [5, 5.41) is 0. The molecule has 0 aliphatic carbocycles. The van der Waals surface area contributed by atoms with Crippen LogP contribution in [0, 0.1) is 5.41 Å². The summed E-state index contributed by atoms with van der Waals surface area (Å²) in [4.78, 5) is 11.8. The summed E-state index contributed by atoms with van der Waals surface area (Å²) in [6.07, 6.45) is 1.30. The highest BCUT2D eigenvalue weighted by Gasteiger charge is 2.45. The summed E-state index contributed by atoms with van der Waals surface area (Å²) in [5.41, 5.74) is -0.491. The Morgan fingerprint density at radius 2 is 2.14 bits per heavy atom. The Bertz CT molecular complexity index is 340. The molecule has 0 bridgehead atoms. The average Bonchev–Trinajstić information content (AvgIpc) is 2.45. The second kappa shape index (κ2) is 3.81. The van der Waals surface area contributed by atoms with E-state index in [-0.39, 0.29) is 10.6 Å². The van der Waals surface area contributed by atoms with Crippen molar-refractivity contribution in [3.8, 4) is 0 Å². The molecule has 1 fully saturated rings. The Kier molecular flexibility index (Phi) is 3.26. The number of carbonyl (C=O) groups is 1. The third kappa shape index (κ3) is 1.82. The van der Waals surface area contributed by atoms with Crippen LogP contribution in [0.4, 0.5) is 0 Å². The number of alkyl halides is 1. The van der Waals surface area contributed by atoms with Crippen molar-refractivity contribution in [1.82, 2.24) is 4.31 Å². The monoisotopic (exact) mass is 283 g/mol. The molecule has 0 aromatic carbocycles. The molecule has 0 aromatic heterocycles. The maximum atomic E-state index is 11.8. The van der Waals surface area contributed by atoms with Gasteiger partial charge >= 0.3 is 0 Å². The van der Waals surface area contributed by atoms with Gasteiger partial charge in [0.15, 0.2) is 0 Å². The minimum atomic E-state index is -3.43. The van der Waals surface area contributed by atoms with E-state index in [1.807, 2.05) is 13.8 Å². The molecule has 1 saturated heterocycles. The van der Waals surface area contributed by atoms with E-state index in [4.69, 9.17) is 0 Å². The van der Waals surface area contributed by atoms with E-state index in [1.165, 1.54) is 0 Å². The minimum absolute atomic E-state index is 0.189. The van der Waals surface area contributed by atoms with E-state index >= 15 is 0 Å². The fourth-order valence-electron chi connectivity index (χ4n) is 1.51. The quantitative estimate of drug-likeness (QED) is 0.734. The van der Waals surface area contributed by atoms with Crippen LogP contribution in [-0.2, 0) is 14.8 Å². The predicted molar refractivity (Wildman–Crippen MR) is 57.4 cm³/mol. The second-order valence-corrected chi connectivity index (χ2v) is 6.96. The summed E-state index contributed by atoms with van der Waals surface area (Å²) < 4.78 is 23.8. The number of halogens is 1. The third-order valence-electron chi connectivity index (χ3n) is 2.86. The van der Waals surface area contributed by atoms with E-state index in [9.17, 15) is 13.2 Å². The molecule has 1 heterocycles. The number of amides is 1. The van der Waals surface area contributed by atoms with Gasteiger partial charge in [-0.15, -0.1) is 0 Å². The molecule has 6 heteroatoms. The summed E-state index contributed by atoms with van der Waals surface area (Å²) in [6, 6.07) is 0. The van der Waals surface area contributed by atoms with Crippen molar-refractivity contribution in [2.45, 2.75) is 26.7 Å². The summed E-state index contributed by atoms with van der Waals surface area (Å²) in [7, 11) is -3.43. The zero-order valence-electron chi connectivity index (χ0n) is 8.29. The topological polar surface area (TPSA) is 54.5 Å². The first-order valence-electron chi connectivity index (χ1n) is 4.48. The lowest BCUT2D eigenvalue weighted by Crippen LogP contribution is -2.37. The SMILES string of the molecule is CCC1(C)CCN(S(=O)(=O)CBr)C1=O. The number of sulfonamides is 1. The minimum Gasteiger partial charge on any atom is -0.273 e. The largest absolute Gasteiger partial charge is 0.273 e. The van der Waals surface area contributed by atoms with Gasteiger partial charge in [0, 0.05) is 12.0 Å². The zero-order valence-corrected chi connectivity index (χ0v) is 10.7. The van der Waals surface area contributed by atoms with E-state index in [2.05, 4.69) is 15.9 Å². The number of carbonyl (C=O) groups excluding carboxylic acids is 1. The Balaban J connectivity index is 2.96. The lowest BCUT2D eigenvalue weighted by molar-refractivity contribution is -0.131. The van der Waals surface area contributed by atoms with Crippen molar-refractivity contribution in [1.29, 1.82) is 0 Å². The normalized spacial score (nSPS) is 28.5. The maximum Gasteiger partial charge on any atom is 0.247 e. The van der Waals surface area contributed by atoms with Crippen molar-refractivity contribution in [2.75, 3.05) is 11.2 Å². The van der Waals surface area contributed by atoms with Gasteiger partial charge in [-0.05, 0) is 12.8 Å². The molecular weight excluding hydrogens is 270 g/mol. The molecule has 0 aromatic rings. The lowest BCUT2D eigenvalue weighted by atomic mass is 9.86. The Morgan fingerprint density at radius 3 is 2.50 bits per heavy atom. The number of hydrogen-bond donors (Lipinski definition) is 0. The number of nitrogens with zero attached hydrogens (tertiary/aromatic N) is 1. The standard InChI is InChI=1S/C8H14BrNO3S/c1-3-8(2)4-5-10(7(8)11)14(12,13)6-9/h3-6H2,1-2H3. The van der Waals surface area contributed by atoms with Crippen LogP contribution in [0.25, 0.3) is 0 Å². The summed E-state index contributed by atoms with van der Waals surface area (Å²) >= 11 is 2.89. The van der Waals surface area contributed by atoms with Crippen LogP contribution in [0.3, 0.4) is 0 Å². The van der Waals surface area contributed by atoms with Crippen molar-refractivity contribution < 1.29 is 13.2 Å². The fourth-order valence-corrected chi connectivity index (χ4v) is 3.21. The van der Waals surface area contributed by atoms with Crippen molar-refractivity contribution in [3.05, 3.63) is 0 Å². The molecule has 0 N–H and O–H groups in total. The number of hydrogen-bond acceptors (Lipinski definition) is 3. The molecule has 1 rings (SSSR count). The van der Waals surface area contributed by atoms with Gasteiger partial charge in [0.05, 0.1) is 0 Å². The van der Waals surface area contributed by atoms with E-state index < -0.39 is 15.4 Å². The van der Waals surface area contributed by atoms with Gasteiger partial charge in [0.2, 0.25) is 15.9 Å². The maximum absolute atomic E-state index is 11.8. The highest BCUT2D eigenvalue weighted by Crippen LogP contribution is 2.36. The zero-order chi connectivity index (χ0) is 11.0. The van der Waals surface area contributed by atoms with Crippen LogP contribution < -0.4 is 0 Å². The van der Waals surface area contributed by atoms with Gasteiger partial charge in [-0.2, -0.15) is 0 Å². The van der Waals surface area contributed by atoms with Crippen LogP contribution in [-0.4, -0.2) is 29.8 Å². The Hall–Kier alpha value is -0.100. The fraction of sp³-hybridized carbons (Fsp3) is 0.875. The molecule has 1 unspecified atom stereocenters. The highest BCUT2D eigenvalue weighted by molar-refractivity contribution is 9.10. The van der Waals surface area contributed by atoms with Crippen LogP contribution in [0.2, 0.25) is 0 Å². The first-order valence-corrected chi connectivity index (χ1v) is 7.21. The van der Waals surface area contributed by atoms with Gasteiger partial charge in [-0.3, -0.25) is 4.79 Å². The van der Waals surface area contributed by atoms with Gasteiger partial charge in [-0.1, -0.05) is 29.8 Å². The van der Waals surface area contributed by atoms with Gasteiger partial charge < -0.3 is 0 Å². The highest BCUT2D eigenvalue weighted by atomic mass is 79.9.